The monoisotopic (exact) mass is 373 g/mol. The van der Waals surface area contributed by atoms with Crippen molar-refractivity contribution in [2.45, 2.75) is 32.3 Å². The first-order chi connectivity index (χ1) is 12.6. The first-order valence-electron chi connectivity index (χ1n) is 8.93. The summed E-state index contributed by atoms with van der Waals surface area (Å²) < 4.78 is 25.0. The van der Waals surface area contributed by atoms with Gasteiger partial charge in [0, 0.05) is 17.0 Å². The number of halogens is 2. The van der Waals surface area contributed by atoms with Crippen LogP contribution in [0, 0.1) is 12.9 Å². The van der Waals surface area contributed by atoms with Gasteiger partial charge in [0.1, 0.15) is 17.9 Å². The predicted octanol–water partition coefficient (Wildman–Crippen LogP) is 5.58. The van der Waals surface area contributed by atoms with Crippen LogP contribution < -0.4 is 10.1 Å². The van der Waals surface area contributed by atoms with Crippen molar-refractivity contribution in [3.8, 4) is 5.75 Å². The lowest BCUT2D eigenvalue weighted by atomic mass is 9.88. The zero-order valence-electron chi connectivity index (χ0n) is 14.6. The molecule has 5 heteroatoms. The average Bonchev–Trinajstić information content (AvgIpc) is 3.05. The van der Waals surface area contributed by atoms with Crippen LogP contribution in [0.3, 0.4) is 0 Å². The fourth-order valence-electron chi connectivity index (χ4n) is 3.71. The van der Waals surface area contributed by atoms with Crippen molar-refractivity contribution in [3.05, 3.63) is 64.1 Å². The number of para-hydroxylation sites is 1. The topological polar surface area (TPSA) is 34.4 Å². The van der Waals surface area contributed by atoms with Gasteiger partial charge in [0.25, 0.3) is 6.01 Å². The number of fused-ring (bicyclic) bond motifs is 1. The first-order valence-corrected chi connectivity index (χ1v) is 9.30. The van der Waals surface area contributed by atoms with Gasteiger partial charge in [-0.25, -0.2) is 0 Å². The Balaban J connectivity index is 1.63. The molecule has 2 heterocycles. The molecule has 3 aromatic rings. The van der Waals surface area contributed by atoms with Crippen LogP contribution in [-0.4, -0.2) is 13.1 Å². The Hall–Kier alpha value is -2.04. The normalized spacial score (nSPS) is 15.5. The minimum Gasteiger partial charge on any atom is -0.488 e. The van der Waals surface area contributed by atoms with E-state index in [0.29, 0.717) is 28.5 Å². The zero-order valence-corrected chi connectivity index (χ0v) is 15.4. The Morgan fingerprint density at radius 3 is 2.85 bits per heavy atom. The number of aryl methyl sites for hydroxylation is 1. The molecule has 0 unspecified atom stereocenters. The molecule has 1 saturated heterocycles. The van der Waals surface area contributed by atoms with Crippen LogP contribution in [-0.2, 0) is 6.61 Å². The molecular formula is C21H21ClFNO2. The van der Waals surface area contributed by atoms with E-state index in [4.69, 9.17) is 20.8 Å². The van der Waals surface area contributed by atoms with Crippen molar-refractivity contribution in [2.75, 3.05) is 13.1 Å². The van der Waals surface area contributed by atoms with E-state index in [-0.39, 0.29) is 0 Å². The largest absolute Gasteiger partial charge is 0.488 e. The number of rotatable bonds is 4. The highest BCUT2D eigenvalue weighted by Gasteiger charge is 2.20. The molecule has 2 aromatic carbocycles. The third-order valence-electron chi connectivity index (χ3n) is 5.08. The molecule has 136 valence electrons. The maximum Gasteiger partial charge on any atom is 0.278 e. The summed E-state index contributed by atoms with van der Waals surface area (Å²) in [6.07, 6.45) is 2.21. The molecule has 0 bridgehead atoms. The van der Waals surface area contributed by atoms with Crippen molar-refractivity contribution < 1.29 is 13.5 Å². The Kier molecular flexibility index (Phi) is 4.88. The smallest absolute Gasteiger partial charge is 0.278 e. The van der Waals surface area contributed by atoms with E-state index in [2.05, 4.69) is 30.4 Å². The van der Waals surface area contributed by atoms with Gasteiger partial charge in [0.05, 0.1) is 5.02 Å². The van der Waals surface area contributed by atoms with Crippen LogP contribution in [0.5, 0.6) is 5.75 Å². The highest BCUT2D eigenvalue weighted by atomic mass is 35.5. The fraction of sp³-hybridized carbons (Fsp3) is 0.333. The lowest BCUT2D eigenvalue weighted by Crippen LogP contribution is -2.27. The molecule has 0 radical (unpaired) electrons. The van der Waals surface area contributed by atoms with Gasteiger partial charge in [-0.15, -0.1) is 0 Å². The molecule has 0 atom stereocenters. The van der Waals surface area contributed by atoms with Gasteiger partial charge in [0.2, 0.25) is 0 Å². The summed E-state index contributed by atoms with van der Waals surface area (Å²) in [5.74, 6) is 1.42. The Bertz CT molecular complexity index is 931. The second kappa shape index (κ2) is 7.29. The SMILES string of the molecule is Cc1cccc(C2CCNCC2)c1OCc1ccc(Cl)c2cc(F)oc12. The molecule has 1 aliphatic heterocycles. The van der Waals surface area contributed by atoms with Crippen molar-refractivity contribution in [2.24, 2.45) is 0 Å². The number of hydrogen-bond acceptors (Lipinski definition) is 3. The number of nitrogens with one attached hydrogen (secondary N) is 1. The van der Waals surface area contributed by atoms with E-state index < -0.39 is 6.01 Å². The maximum atomic E-state index is 13.5. The van der Waals surface area contributed by atoms with Crippen LogP contribution in [0.25, 0.3) is 11.0 Å². The minimum absolute atomic E-state index is 0.309. The van der Waals surface area contributed by atoms with Crippen molar-refractivity contribution in [3.63, 3.8) is 0 Å². The second-order valence-electron chi connectivity index (χ2n) is 6.81. The van der Waals surface area contributed by atoms with E-state index in [1.807, 2.05) is 6.07 Å². The van der Waals surface area contributed by atoms with Crippen LogP contribution in [0.1, 0.15) is 35.4 Å². The second-order valence-corrected chi connectivity index (χ2v) is 7.21. The quantitative estimate of drug-likeness (QED) is 0.648. The molecule has 0 spiro atoms. The van der Waals surface area contributed by atoms with E-state index in [9.17, 15) is 4.39 Å². The Morgan fingerprint density at radius 2 is 2.04 bits per heavy atom. The number of hydrogen-bond donors (Lipinski definition) is 1. The van der Waals surface area contributed by atoms with Gasteiger partial charge in [-0.2, -0.15) is 4.39 Å². The van der Waals surface area contributed by atoms with Gasteiger partial charge in [-0.1, -0.05) is 35.9 Å². The minimum atomic E-state index is -0.638. The van der Waals surface area contributed by atoms with Gasteiger partial charge < -0.3 is 14.5 Å². The lowest BCUT2D eigenvalue weighted by Gasteiger charge is -2.26. The summed E-state index contributed by atoms with van der Waals surface area (Å²) in [6, 6.07) is 10.6. The highest BCUT2D eigenvalue weighted by molar-refractivity contribution is 6.35. The summed E-state index contributed by atoms with van der Waals surface area (Å²) in [4.78, 5) is 0. The van der Waals surface area contributed by atoms with Gasteiger partial charge in [-0.3, -0.25) is 0 Å². The Labute approximate surface area is 157 Å². The summed E-state index contributed by atoms with van der Waals surface area (Å²) in [6.45, 7) is 4.43. The van der Waals surface area contributed by atoms with Gasteiger partial charge >= 0.3 is 0 Å². The molecule has 1 aliphatic rings. The fourth-order valence-corrected chi connectivity index (χ4v) is 3.91. The van der Waals surface area contributed by atoms with E-state index in [1.165, 1.54) is 11.6 Å². The van der Waals surface area contributed by atoms with Crippen molar-refractivity contribution in [1.82, 2.24) is 5.32 Å². The molecular weight excluding hydrogens is 353 g/mol. The number of furan rings is 1. The number of benzene rings is 2. The first kappa shape index (κ1) is 17.4. The van der Waals surface area contributed by atoms with Crippen molar-refractivity contribution >= 4 is 22.6 Å². The predicted molar refractivity (Wildman–Crippen MR) is 102 cm³/mol. The summed E-state index contributed by atoms with van der Waals surface area (Å²) >= 11 is 6.14. The Morgan fingerprint density at radius 1 is 1.23 bits per heavy atom. The molecule has 0 saturated carbocycles. The summed E-state index contributed by atoms with van der Waals surface area (Å²) in [5, 5.41) is 4.46. The van der Waals surface area contributed by atoms with E-state index in [0.717, 1.165) is 42.8 Å². The molecule has 4 rings (SSSR count). The third kappa shape index (κ3) is 3.31. The highest BCUT2D eigenvalue weighted by Crippen LogP contribution is 2.36. The number of ether oxygens (including phenoxy) is 1. The van der Waals surface area contributed by atoms with Crippen LogP contribution in [0.2, 0.25) is 5.02 Å². The van der Waals surface area contributed by atoms with E-state index in [1.54, 1.807) is 6.07 Å². The maximum absolute atomic E-state index is 13.5. The molecule has 0 aliphatic carbocycles. The van der Waals surface area contributed by atoms with Crippen LogP contribution in [0.4, 0.5) is 4.39 Å². The molecule has 1 N–H and O–H groups in total. The average molecular weight is 374 g/mol. The molecule has 0 amide bonds. The molecule has 3 nitrogen and oxygen atoms in total. The lowest BCUT2D eigenvalue weighted by molar-refractivity contribution is 0.293. The molecule has 1 aromatic heterocycles. The van der Waals surface area contributed by atoms with Crippen molar-refractivity contribution in [1.29, 1.82) is 0 Å². The standard InChI is InChI=1S/C21H21ClFNO2/c1-13-3-2-4-16(14-7-9-24-10-8-14)20(13)25-12-15-5-6-18(22)17-11-19(23)26-21(15)17/h2-6,11,14,24H,7-10,12H2,1H3. The van der Waals surface area contributed by atoms with Gasteiger partial charge in [0.15, 0.2) is 0 Å². The zero-order chi connectivity index (χ0) is 18.1. The summed E-state index contributed by atoms with van der Waals surface area (Å²) in [5.41, 5.74) is 3.60. The molecule has 1 fully saturated rings. The molecule has 26 heavy (non-hydrogen) atoms. The van der Waals surface area contributed by atoms with Crippen LogP contribution in [0.15, 0.2) is 40.8 Å². The number of piperidine rings is 1. The van der Waals surface area contributed by atoms with Gasteiger partial charge in [-0.05, 0) is 56.0 Å². The van der Waals surface area contributed by atoms with E-state index >= 15 is 0 Å². The third-order valence-corrected chi connectivity index (χ3v) is 5.40. The van der Waals surface area contributed by atoms with Crippen LogP contribution >= 0.6 is 11.6 Å². The summed E-state index contributed by atoms with van der Waals surface area (Å²) in [7, 11) is 0.